The molecule has 1 aliphatic carbocycles. The lowest BCUT2D eigenvalue weighted by Crippen LogP contribution is -2.30. The zero-order valence-electron chi connectivity index (χ0n) is 30.1. The second-order valence-electron chi connectivity index (χ2n) is 14.6. The Morgan fingerprint density at radius 2 is 1.48 bits per heavy atom. The number of pyridine rings is 1. The first-order valence-electron chi connectivity index (χ1n) is 17.5. The van der Waals surface area contributed by atoms with Crippen LogP contribution < -0.4 is 4.74 Å². The number of ether oxygens (including phenoxy) is 1. The van der Waals surface area contributed by atoms with E-state index in [2.05, 4.69) is 145 Å². The fraction of sp³-hybridized carbons (Fsp3) is 0.349. The number of nitrogens with zero attached hydrogens (tertiary/aromatic N) is 4. The molecule has 5 nitrogen and oxygen atoms in total. The Hall–Kier alpha value is -4.64. The zero-order chi connectivity index (χ0) is 34.0. The van der Waals surface area contributed by atoms with Crippen molar-refractivity contribution in [1.29, 1.82) is 0 Å². The molecule has 0 amide bonds. The molecule has 0 radical (unpaired) electrons. The molecule has 0 fully saturated rings. The molecule has 246 valence electrons. The molecule has 0 N–H and O–H groups in total. The number of benzene rings is 3. The lowest BCUT2D eigenvalue weighted by atomic mass is 9.64. The van der Waals surface area contributed by atoms with Crippen molar-refractivity contribution in [1.82, 2.24) is 19.3 Å². The Morgan fingerprint density at radius 3 is 2.23 bits per heavy atom. The number of para-hydroxylation sites is 1. The Labute approximate surface area is 285 Å². The number of hydrogen-bond donors (Lipinski definition) is 0. The van der Waals surface area contributed by atoms with E-state index in [1.165, 1.54) is 44.3 Å². The van der Waals surface area contributed by atoms with Crippen LogP contribution in [0, 0.1) is 38.5 Å². The van der Waals surface area contributed by atoms with Crippen LogP contribution in [-0.2, 0) is 0 Å². The maximum atomic E-state index is 6.74. The Bertz CT molecular complexity index is 2210. The van der Waals surface area contributed by atoms with Crippen molar-refractivity contribution in [2.75, 3.05) is 0 Å². The van der Waals surface area contributed by atoms with E-state index in [1.54, 1.807) is 0 Å². The maximum absolute atomic E-state index is 6.74. The third-order valence-corrected chi connectivity index (χ3v) is 11.4. The van der Waals surface area contributed by atoms with Gasteiger partial charge in [0.25, 0.3) is 0 Å². The summed E-state index contributed by atoms with van der Waals surface area (Å²) in [7, 11) is 0. The summed E-state index contributed by atoms with van der Waals surface area (Å²) < 4.78 is 11.1. The normalized spacial score (nSPS) is 20.0. The summed E-state index contributed by atoms with van der Waals surface area (Å²) in [5.74, 6) is 4.95. The van der Waals surface area contributed by atoms with E-state index in [1.807, 2.05) is 12.3 Å². The minimum atomic E-state index is 0.328. The van der Waals surface area contributed by atoms with Crippen molar-refractivity contribution >= 4 is 21.8 Å². The van der Waals surface area contributed by atoms with Gasteiger partial charge in [0.05, 0.1) is 22.4 Å². The van der Waals surface area contributed by atoms with Crippen LogP contribution in [-0.4, -0.2) is 19.3 Å². The first-order valence-corrected chi connectivity index (χ1v) is 17.5. The van der Waals surface area contributed by atoms with E-state index in [0.717, 1.165) is 39.7 Å². The summed E-state index contributed by atoms with van der Waals surface area (Å²) in [5.41, 5.74) is 12.4. The highest BCUT2D eigenvalue weighted by atomic mass is 16.5. The Kier molecular flexibility index (Phi) is 8.06. The summed E-state index contributed by atoms with van der Waals surface area (Å²) in [5, 5.41) is 7.56. The van der Waals surface area contributed by atoms with Crippen molar-refractivity contribution in [3.05, 3.63) is 118 Å². The van der Waals surface area contributed by atoms with Gasteiger partial charge in [0.15, 0.2) is 0 Å². The van der Waals surface area contributed by atoms with Gasteiger partial charge in [-0.25, -0.2) is 9.67 Å². The van der Waals surface area contributed by atoms with Crippen LogP contribution in [0.15, 0.2) is 90.1 Å². The summed E-state index contributed by atoms with van der Waals surface area (Å²) in [6.07, 6.45) is 1.88. The summed E-state index contributed by atoms with van der Waals surface area (Å²) >= 11 is 0. The molecule has 0 bridgehead atoms. The topological polar surface area (TPSA) is 44.9 Å². The third kappa shape index (κ3) is 5.24. The number of allylic oxidation sites excluding steroid dienone is 2. The van der Waals surface area contributed by atoms with Crippen molar-refractivity contribution in [2.45, 2.75) is 81.1 Å². The largest absolute Gasteiger partial charge is 0.457 e. The Balaban J connectivity index is 1.32. The van der Waals surface area contributed by atoms with Gasteiger partial charge in [0, 0.05) is 46.3 Å². The highest BCUT2D eigenvalue weighted by Crippen LogP contribution is 2.48. The zero-order valence-corrected chi connectivity index (χ0v) is 30.1. The van der Waals surface area contributed by atoms with E-state index in [0.29, 0.717) is 29.6 Å². The van der Waals surface area contributed by atoms with Gasteiger partial charge in [-0.2, -0.15) is 5.10 Å². The lowest BCUT2D eigenvalue weighted by Gasteiger charge is -2.40. The second kappa shape index (κ2) is 12.1. The number of aryl methyl sites for hydroxylation is 2. The molecule has 48 heavy (non-hydrogen) atoms. The molecule has 6 aromatic rings. The summed E-state index contributed by atoms with van der Waals surface area (Å²) in [6.45, 7) is 22.9. The molecule has 4 atom stereocenters. The van der Waals surface area contributed by atoms with Gasteiger partial charge in [-0.3, -0.25) is 4.57 Å². The maximum Gasteiger partial charge on any atom is 0.137 e. The second-order valence-corrected chi connectivity index (χ2v) is 14.6. The summed E-state index contributed by atoms with van der Waals surface area (Å²) in [4.78, 5) is 4.75. The van der Waals surface area contributed by atoms with E-state index in [-0.39, 0.29) is 0 Å². The lowest BCUT2D eigenvalue weighted by molar-refractivity contribution is 0.256. The van der Waals surface area contributed by atoms with Crippen LogP contribution in [0.3, 0.4) is 0 Å². The molecule has 3 aromatic carbocycles. The molecule has 3 aromatic heterocycles. The fourth-order valence-electron chi connectivity index (χ4n) is 8.15. The van der Waals surface area contributed by atoms with Gasteiger partial charge in [-0.1, -0.05) is 64.0 Å². The van der Waals surface area contributed by atoms with Crippen molar-refractivity contribution in [3.8, 4) is 23.0 Å². The molecule has 7 rings (SSSR count). The first kappa shape index (κ1) is 31.9. The average Bonchev–Trinajstić information content (AvgIpc) is 3.55. The molecule has 0 saturated carbocycles. The standard InChI is InChI=1S/C43H48N4O/c1-24(2)33-20-34(47-32(10)43(31(9)45-47)42-29(7)27(5)26(4)28(6)30(42)8)22-36(21-33)48-35-15-16-38-37-13-11-12-14-39(37)46(40(38)23-35)41-19-25(3)17-18-44-41/h11-24,26-27,29,42H,1-10H3/t26?,27-,29-,42-/m0/s1. The third-order valence-electron chi connectivity index (χ3n) is 11.4. The average molecular weight is 637 g/mol. The van der Waals surface area contributed by atoms with Crippen LogP contribution in [0.2, 0.25) is 0 Å². The van der Waals surface area contributed by atoms with Gasteiger partial charge in [0.1, 0.15) is 17.3 Å². The smallest absolute Gasteiger partial charge is 0.137 e. The molecule has 0 spiro atoms. The van der Waals surface area contributed by atoms with Crippen LogP contribution in [0.1, 0.15) is 88.4 Å². The number of fused-ring (bicyclic) bond motifs is 3. The SMILES string of the molecule is CC1=C(C)[C@@H](c2c(C)nn(-c3cc(Oc4ccc5c6ccccc6n(-c6cc(C)ccn6)c5c4)cc(C(C)C)c3)c2C)[C@@H](C)[C@@H](C)C1C. The van der Waals surface area contributed by atoms with E-state index in [4.69, 9.17) is 14.8 Å². The van der Waals surface area contributed by atoms with Gasteiger partial charge in [-0.05, 0) is 112 Å². The number of hydrogen-bond acceptors (Lipinski definition) is 3. The quantitative estimate of drug-likeness (QED) is 0.171. The highest BCUT2D eigenvalue weighted by molar-refractivity contribution is 6.09. The van der Waals surface area contributed by atoms with Crippen LogP contribution in [0.4, 0.5) is 0 Å². The van der Waals surface area contributed by atoms with E-state index >= 15 is 0 Å². The number of rotatable bonds is 6. The first-order chi connectivity index (χ1) is 22.9. The number of aromatic nitrogens is 4. The molecule has 3 heterocycles. The Morgan fingerprint density at radius 1 is 0.729 bits per heavy atom. The molecular formula is C43H48N4O. The predicted molar refractivity (Wildman–Crippen MR) is 199 cm³/mol. The highest BCUT2D eigenvalue weighted by Gasteiger charge is 2.38. The fourth-order valence-corrected chi connectivity index (χ4v) is 8.15. The van der Waals surface area contributed by atoms with Crippen molar-refractivity contribution in [3.63, 3.8) is 0 Å². The van der Waals surface area contributed by atoms with Gasteiger partial charge >= 0.3 is 0 Å². The van der Waals surface area contributed by atoms with Crippen LogP contribution >= 0.6 is 0 Å². The molecule has 1 aliphatic rings. The molecule has 5 heteroatoms. The van der Waals surface area contributed by atoms with Crippen LogP contribution in [0.5, 0.6) is 11.5 Å². The van der Waals surface area contributed by atoms with Gasteiger partial charge < -0.3 is 4.74 Å². The molecule has 0 aliphatic heterocycles. The molecule has 1 unspecified atom stereocenters. The van der Waals surface area contributed by atoms with Crippen LogP contribution in [0.25, 0.3) is 33.3 Å². The predicted octanol–water partition coefficient (Wildman–Crippen LogP) is 11.5. The minimum Gasteiger partial charge on any atom is -0.457 e. The summed E-state index contributed by atoms with van der Waals surface area (Å²) in [6, 6.07) is 25.7. The molecular weight excluding hydrogens is 589 g/mol. The van der Waals surface area contributed by atoms with E-state index in [9.17, 15) is 0 Å². The molecule has 0 saturated heterocycles. The minimum absolute atomic E-state index is 0.328. The van der Waals surface area contributed by atoms with Crippen molar-refractivity contribution < 1.29 is 4.74 Å². The van der Waals surface area contributed by atoms with Crippen molar-refractivity contribution in [2.24, 2.45) is 17.8 Å². The van der Waals surface area contributed by atoms with Gasteiger partial charge in [-0.15, -0.1) is 0 Å². The van der Waals surface area contributed by atoms with E-state index < -0.39 is 0 Å². The van der Waals surface area contributed by atoms with Gasteiger partial charge in [0.2, 0.25) is 0 Å². The monoisotopic (exact) mass is 636 g/mol.